The number of nitrogens with two attached hydrogens (primary N) is 1. The number of allylic oxidation sites excluding steroid dienone is 2. The van der Waals surface area contributed by atoms with Crippen LogP contribution < -0.4 is 5.73 Å². The molecule has 0 spiro atoms. The maximum absolute atomic E-state index is 9.86. The Balaban J connectivity index is 2.78. The normalized spacial score (nSPS) is 26.2. The number of rotatable bonds is 4. The molecule has 4 N–H and O–H groups in total. The summed E-state index contributed by atoms with van der Waals surface area (Å²) in [7, 11) is 0. The van der Waals surface area contributed by atoms with Crippen LogP contribution in [0.2, 0.25) is 0 Å². The zero-order valence-electron chi connectivity index (χ0n) is 10.3. The van der Waals surface area contributed by atoms with Crippen molar-refractivity contribution < 1.29 is 5.11 Å². The number of β-amino-alcohol motifs (C(OH)–C–C–N with tert-alkyl or cyclic N) is 1. The molecule has 0 aromatic carbocycles. The van der Waals surface area contributed by atoms with E-state index in [2.05, 4.69) is 6.58 Å². The van der Waals surface area contributed by atoms with Crippen LogP contribution in [0.4, 0.5) is 0 Å². The van der Waals surface area contributed by atoms with Gasteiger partial charge in [-0.15, -0.1) is 0 Å². The molecule has 0 amide bonds. The number of hydrogen-bond donors (Lipinski definition) is 3. The number of likely N-dealkylation sites (tertiary alicyclic amines) is 1. The van der Waals surface area contributed by atoms with E-state index < -0.39 is 6.10 Å². The maximum Gasteiger partial charge on any atom is 0.0721 e. The van der Waals surface area contributed by atoms with Crippen molar-refractivity contribution in [2.24, 2.45) is 11.7 Å². The summed E-state index contributed by atoms with van der Waals surface area (Å²) in [6, 6.07) is 0. The topological polar surface area (TPSA) is 73.3 Å². The van der Waals surface area contributed by atoms with E-state index in [9.17, 15) is 5.11 Å². The molecule has 0 aromatic rings. The molecule has 2 atom stereocenters. The highest BCUT2D eigenvalue weighted by Crippen LogP contribution is 2.24. The van der Waals surface area contributed by atoms with Crippen LogP contribution in [-0.2, 0) is 0 Å². The average Bonchev–Trinajstić information content (AvgIpc) is 2.30. The first kappa shape index (κ1) is 13.5. The van der Waals surface area contributed by atoms with E-state index in [1.54, 1.807) is 0 Å². The lowest BCUT2D eigenvalue weighted by molar-refractivity contribution is 0.0696. The third kappa shape index (κ3) is 3.46. The first-order valence-corrected chi connectivity index (χ1v) is 5.79. The molecule has 1 fully saturated rings. The zero-order chi connectivity index (χ0) is 12.8. The Kier molecular flexibility index (Phi) is 4.97. The molecule has 1 aliphatic heterocycles. The Morgan fingerprint density at radius 1 is 1.53 bits per heavy atom. The minimum absolute atomic E-state index is 0.100. The van der Waals surface area contributed by atoms with E-state index in [4.69, 9.17) is 11.1 Å². The molecule has 4 nitrogen and oxygen atoms in total. The molecule has 0 bridgehead atoms. The van der Waals surface area contributed by atoms with Crippen LogP contribution in [0.3, 0.4) is 0 Å². The molecule has 4 heteroatoms. The Morgan fingerprint density at radius 3 is 2.76 bits per heavy atom. The van der Waals surface area contributed by atoms with Gasteiger partial charge in [0.15, 0.2) is 0 Å². The van der Waals surface area contributed by atoms with Crippen molar-refractivity contribution >= 4 is 6.21 Å². The van der Waals surface area contributed by atoms with Crippen molar-refractivity contribution in [3.63, 3.8) is 0 Å². The quantitative estimate of drug-likeness (QED) is 0.507. The molecule has 0 aromatic heterocycles. The first-order chi connectivity index (χ1) is 8.12. The van der Waals surface area contributed by atoms with Crippen LogP contribution in [0.25, 0.3) is 0 Å². The fourth-order valence-electron chi connectivity index (χ4n) is 2.15. The van der Waals surface area contributed by atoms with Crippen LogP contribution in [-0.4, -0.2) is 35.4 Å². The van der Waals surface area contributed by atoms with Crippen LogP contribution in [0.5, 0.6) is 0 Å². The fourth-order valence-corrected chi connectivity index (χ4v) is 2.15. The van der Waals surface area contributed by atoms with Crippen molar-refractivity contribution in [3.8, 4) is 0 Å². The highest BCUT2D eigenvalue weighted by molar-refractivity contribution is 5.76. The lowest BCUT2D eigenvalue weighted by Crippen LogP contribution is -2.42. The highest BCUT2D eigenvalue weighted by atomic mass is 16.3. The molecule has 0 radical (unpaired) electrons. The Morgan fingerprint density at radius 2 is 2.24 bits per heavy atom. The van der Waals surface area contributed by atoms with Gasteiger partial charge in [0, 0.05) is 30.9 Å². The molecule has 1 heterocycles. The fraction of sp³-hybridized carbons (Fsp3) is 0.462. The van der Waals surface area contributed by atoms with Gasteiger partial charge in [-0.2, -0.15) is 0 Å². The SMILES string of the molecule is C=C(/C=C\C)N1CC(O)CC(/C(C=N)=C/N)C1. The summed E-state index contributed by atoms with van der Waals surface area (Å²) in [5, 5.41) is 17.2. The van der Waals surface area contributed by atoms with Gasteiger partial charge < -0.3 is 21.1 Å². The van der Waals surface area contributed by atoms with Crippen LogP contribution in [0, 0.1) is 11.3 Å². The molecular formula is C13H21N3O. The second kappa shape index (κ2) is 6.25. The zero-order valence-corrected chi connectivity index (χ0v) is 10.3. The van der Waals surface area contributed by atoms with Crippen molar-refractivity contribution in [2.75, 3.05) is 13.1 Å². The summed E-state index contributed by atoms with van der Waals surface area (Å²) in [6.07, 6.45) is 6.81. The number of aliphatic hydroxyl groups is 1. The molecule has 0 saturated carbocycles. The summed E-state index contributed by atoms with van der Waals surface area (Å²) >= 11 is 0. The van der Waals surface area contributed by atoms with Gasteiger partial charge in [0.25, 0.3) is 0 Å². The van der Waals surface area contributed by atoms with Crippen LogP contribution in [0.15, 0.2) is 36.2 Å². The van der Waals surface area contributed by atoms with E-state index in [0.717, 1.165) is 17.8 Å². The summed E-state index contributed by atoms with van der Waals surface area (Å²) in [5.41, 5.74) is 7.14. The third-order valence-electron chi connectivity index (χ3n) is 3.02. The Bertz CT molecular complexity index is 347. The smallest absolute Gasteiger partial charge is 0.0721 e. The highest BCUT2D eigenvalue weighted by Gasteiger charge is 2.27. The van der Waals surface area contributed by atoms with Gasteiger partial charge in [0.1, 0.15) is 0 Å². The van der Waals surface area contributed by atoms with Gasteiger partial charge in [-0.05, 0) is 31.2 Å². The first-order valence-electron chi connectivity index (χ1n) is 5.79. The monoisotopic (exact) mass is 235 g/mol. The van der Waals surface area contributed by atoms with Gasteiger partial charge in [-0.25, -0.2) is 0 Å². The summed E-state index contributed by atoms with van der Waals surface area (Å²) in [4.78, 5) is 2.03. The second-order valence-corrected chi connectivity index (χ2v) is 4.29. The van der Waals surface area contributed by atoms with Gasteiger partial charge in [0.2, 0.25) is 0 Å². The van der Waals surface area contributed by atoms with Gasteiger partial charge in [-0.1, -0.05) is 12.7 Å². The van der Waals surface area contributed by atoms with E-state index >= 15 is 0 Å². The largest absolute Gasteiger partial charge is 0.404 e. The second-order valence-electron chi connectivity index (χ2n) is 4.29. The van der Waals surface area contributed by atoms with Gasteiger partial charge in [-0.3, -0.25) is 0 Å². The van der Waals surface area contributed by atoms with E-state index in [1.807, 2.05) is 24.0 Å². The van der Waals surface area contributed by atoms with Crippen LogP contribution in [0.1, 0.15) is 13.3 Å². The summed E-state index contributed by atoms with van der Waals surface area (Å²) in [6.45, 7) is 7.25. The van der Waals surface area contributed by atoms with Crippen LogP contribution >= 0.6 is 0 Å². The summed E-state index contributed by atoms with van der Waals surface area (Å²) in [5.74, 6) is 0.100. The molecule has 94 valence electrons. The minimum atomic E-state index is -0.398. The van der Waals surface area contributed by atoms with Crippen molar-refractivity contribution in [1.29, 1.82) is 5.41 Å². The van der Waals surface area contributed by atoms with Gasteiger partial charge in [0.05, 0.1) is 6.10 Å². The van der Waals surface area contributed by atoms with Crippen molar-refractivity contribution in [3.05, 3.63) is 36.2 Å². The van der Waals surface area contributed by atoms with E-state index in [0.29, 0.717) is 13.0 Å². The average molecular weight is 235 g/mol. The Hall–Kier alpha value is -1.55. The van der Waals surface area contributed by atoms with E-state index in [-0.39, 0.29) is 5.92 Å². The summed E-state index contributed by atoms with van der Waals surface area (Å²) < 4.78 is 0. The molecule has 1 saturated heterocycles. The van der Waals surface area contributed by atoms with Gasteiger partial charge >= 0.3 is 0 Å². The molecule has 1 aliphatic rings. The number of hydrogen-bond acceptors (Lipinski definition) is 4. The number of nitrogens with one attached hydrogen (secondary N) is 1. The Labute approximate surface area is 103 Å². The number of nitrogens with zero attached hydrogens (tertiary/aromatic N) is 1. The van der Waals surface area contributed by atoms with Crippen molar-refractivity contribution in [2.45, 2.75) is 19.4 Å². The lowest BCUT2D eigenvalue weighted by atomic mass is 9.89. The molecule has 2 unspecified atom stereocenters. The predicted octanol–water partition coefficient (Wildman–Crippen LogP) is 1.25. The lowest BCUT2D eigenvalue weighted by Gasteiger charge is -2.37. The minimum Gasteiger partial charge on any atom is -0.404 e. The van der Waals surface area contributed by atoms with E-state index in [1.165, 1.54) is 12.4 Å². The number of piperidine rings is 1. The standard InChI is InChI=1S/C13H21N3O/c1-3-4-10(2)16-8-11(5-13(17)9-16)12(6-14)7-15/h3-4,6-7,11,13-14,17H,2,5,8-9,15H2,1H3/b4-3-,12-7+,14-6?. The van der Waals surface area contributed by atoms with Crippen molar-refractivity contribution in [1.82, 2.24) is 4.90 Å². The third-order valence-corrected chi connectivity index (χ3v) is 3.02. The molecule has 0 aliphatic carbocycles. The maximum atomic E-state index is 9.86. The molecule has 1 rings (SSSR count). The number of aliphatic hydroxyl groups excluding tert-OH is 1. The predicted molar refractivity (Wildman–Crippen MR) is 70.7 cm³/mol. The molecule has 17 heavy (non-hydrogen) atoms. The molecular weight excluding hydrogens is 214 g/mol.